The number of ether oxygens (including phenoxy) is 1. The van der Waals surface area contributed by atoms with Crippen LogP contribution < -0.4 is 0 Å². The van der Waals surface area contributed by atoms with Gasteiger partial charge in [-0.3, -0.25) is 9.69 Å². The fraction of sp³-hybridized carbons (Fsp3) is 0.579. The maximum atomic E-state index is 12.8. The number of furan rings is 1. The second kappa shape index (κ2) is 6.55. The van der Waals surface area contributed by atoms with Crippen LogP contribution in [0.3, 0.4) is 0 Å². The van der Waals surface area contributed by atoms with Gasteiger partial charge in [0.25, 0.3) is 5.91 Å². The lowest BCUT2D eigenvalue weighted by atomic mass is 10.1. The highest BCUT2D eigenvalue weighted by Crippen LogP contribution is 2.40. The molecule has 7 heteroatoms. The first-order valence-corrected chi connectivity index (χ1v) is 9.38. The summed E-state index contributed by atoms with van der Waals surface area (Å²) in [6.07, 6.45) is 4.07. The molecule has 26 heavy (non-hydrogen) atoms. The molecule has 0 bridgehead atoms. The zero-order chi connectivity index (χ0) is 17.5. The lowest BCUT2D eigenvalue weighted by molar-refractivity contribution is 0.0480. The Kier molecular flexibility index (Phi) is 4.05. The van der Waals surface area contributed by atoms with Crippen LogP contribution in [-0.4, -0.2) is 59.8 Å². The molecule has 2 aromatic rings. The molecular formula is C19H23N3O4. The van der Waals surface area contributed by atoms with Crippen LogP contribution in [0, 0.1) is 5.92 Å². The van der Waals surface area contributed by atoms with Crippen molar-refractivity contribution in [3.05, 3.63) is 41.7 Å². The van der Waals surface area contributed by atoms with Gasteiger partial charge in [0.15, 0.2) is 5.69 Å². The number of carbonyl (C=O) groups excluding carboxylic acids is 1. The fourth-order valence-corrected chi connectivity index (χ4v) is 4.01. The topological polar surface area (TPSA) is 72.0 Å². The molecule has 2 aromatic heterocycles. The van der Waals surface area contributed by atoms with E-state index < -0.39 is 0 Å². The zero-order valence-corrected chi connectivity index (χ0v) is 14.7. The Bertz CT molecular complexity index is 768. The van der Waals surface area contributed by atoms with Crippen LogP contribution >= 0.6 is 0 Å². The molecule has 0 unspecified atom stereocenters. The molecule has 4 heterocycles. The highest BCUT2D eigenvalue weighted by molar-refractivity contribution is 5.92. The first kappa shape index (κ1) is 16.1. The van der Waals surface area contributed by atoms with E-state index in [0.717, 1.165) is 44.0 Å². The van der Waals surface area contributed by atoms with Crippen molar-refractivity contribution in [1.82, 2.24) is 15.0 Å². The van der Waals surface area contributed by atoms with Gasteiger partial charge in [-0.15, -0.1) is 0 Å². The second-order valence-electron chi connectivity index (χ2n) is 7.58. The molecule has 0 radical (unpaired) electrons. The van der Waals surface area contributed by atoms with Crippen LogP contribution in [0.25, 0.3) is 0 Å². The first-order chi connectivity index (χ1) is 12.8. The molecule has 2 saturated heterocycles. The molecule has 7 nitrogen and oxygen atoms in total. The molecule has 3 fully saturated rings. The number of hydrogen-bond acceptors (Lipinski definition) is 6. The van der Waals surface area contributed by atoms with Crippen molar-refractivity contribution >= 4 is 5.91 Å². The molecule has 1 amide bonds. The summed E-state index contributed by atoms with van der Waals surface area (Å²) in [6.45, 7) is 4.58. The van der Waals surface area contributed by atoms with Crippen molar-refractivity contribution in [2.24, 2.45) is 5.92 Å². The van der Waals surface area contributed by atoms with Crippen LogP contribution in [0.1, 0.15) is 40.8 Å². The third-order valence-corrected chi connectivity index (χ3v) is 5.59. The lowest BCUT2D eigenvalue weighted by Crippen LogP contribution is -2.33. The Labute approximate surface area is 151 Å². The second-order valence-corrected chi connectivity index (χ2v) is 7.58. The molecule has 2 aliphatic heterocycles. The number of rotatable bonds is 4. The van der Waals surface area contributed by atoms with Crippen LogP contribution in [0.5, 0.6) is 0 Å². The molecule has 5 rings (SSSR count). The number of carbonyl (C=O) groups is 1. The highest BCUT2D eigenvalue weighted by Gasteiger charge is 2.40. The molecule has 138 valence electrons. The van der Waals surface area contributed by atoms with Crippen LogP contribution in [-0.2, 0) is 11.3 Å². The summed E-state index contributed by atoms with van der Waals surface area (Å²) < 4.78 is 16.8. The molecule has 1 saturated carbocycles. The molecular weight excluding hydrogens is 334 g/mol. The van der Waals surface area contributed by atoms with Crippen molar-refractivity contribution in [3.63, 3.8) is 0 Å². The summed E-state index contributed by atoms with van der Waals surface area (Å²) in [6, 6.07) is 5.73. The van der Waals surface area contributed by atoms with Gasteiger partial charge >= 0.3 is 0 Å². The largest absolute Gasteiger partial charge is 0.468 e. The van der Waals surface area contributed by atoms with E-state index in [4.69, 9.17) is 13.7 Å². The third-order valence-electron chi connectivity index (χ3n) is 5.59. The van der Waals surface area contributed by atoms with E-state index in [-0.39, 0.29) is 12.0 Å². The summed E-state index contributed by atoms with van der Waals surface area (Å²) in [5.41, 5.74) is 0.427. The van der Waals surface area contributed by atoms with Gasteiger partial charge < -0.3 is 18.6 Å². The van der Waals surface area contributed by atoms with Gasteiger partial charge in [0.1, 0.15) is 11.5 Å². The summed E-state index contributed by atoms with van der Waals surface area (Å²) in [5.74, 6) is 2.54. The number of fused-ring (bicyclic) bond motifs is 1. The lowest BCUT2D eigenvalue weighted by Gasteiger charge is -2.22. The number of nitrogens with zero attached hydrogens (tertiary/aromatic N) is 3. The van der Waals surface area contributed by atoms with Crippen molar-refractivity contribution in [3.8, 4) is 0 Å². The summed E-state index contributed by atoms with van der Waals surface area (Å²) in [7, 11) is 0. The standard InChI is InChI=1S/C19H23N3O4/c23-19(16-8-17(26-20-16)13-3-4-13)22-10-14-9-21(5-7-25-18(14)12-22)11-15-2-1-6-24-15/h1-2,6,8,13-14,18H,3-5,7,9-12H2/t14-,18+/m0/s1. The number of hydrogen-bond donors (Lipinski definition) is 0. The third kappa shape index (κ3) is 3.17. The quantitative estimate of drug-likeness (QED) is 0.835. The van der Waals surface area contributed by atoms with Crippen molar-refractivity contribution in [2.75, 3.05) is 32.8 Å². The zero-order valence-electron chi connectivity index (χ0n) is 14.7. The van der Waals surface area contributed by atoms with Gasteiger partial charge in [-0.2, -0.15) is 0 Å². The maximum absolute atomic E-state index is 12.8. The Hall–Kier alpha value is -2.12. The van der Waals surface area contributed by atoms with E-state index in [1.807, 2.05) is 23.1 Å². The van der Waals surface area contributed by atoms with Crippen molar-refractivity contribution in [2.45, 2.75) is 31.4 Å². The van der Waals surface area contributed by atoms with E-state index in [1.165, 1.54) is 0 Å². The monoisotopic (exact) mass is 357 g/mol. The normalized spacial score (nSPS) is 26.7. The minimum absolute atomic E-state index is 0.0464. The maximum Gasteiger partial charge on any atom is 0.276 e. The van der Waals surface area contributed by atoms with Crippen LogP contribution in [0.4, 0.5) is 0 Å². The van der Waals surface area contributed by atoms with E-state index in [2.05, 4.69) is 10.1 Å². The van der Waals surface area contributed by atoms with Gasteiger partial charge in [0.05, 0.1) is 25.5 Å². The van der Waals surface area contributed by atoms with Gasteiger partial charge in [-0.25, -0.2) is 0 Å². The molecule has 1 aliphatic carbocycles. The number of amides is 1. The van der Waals surface area contributed by atoms with Gasteiger partial charge in [0, 0.05) is 44.1 Å². The van der Waals surface area contributed by atoms with E-state index in [9.17, 15) is 4.79 Å². The van der Waals surface area contributed by atoms with E-state index in [1.54, 1.807) is 6.26 Å². The van der Waals surface area contributed by atoms with E-state index >= 15 is 0 Å². The minimum atomic E-state index is -0.0464. The highest BCUT2D eigenvalue weighted by atomic mass is 16.5. The molecule has 0 N–H and O–H groups in total. The predicted octanol–water partition coefficient (Wildman–Crippen LogP) is 2.12. The number of aromatic nitrogens is 1. The fourth-order valence-electron chi connectivity index (χ4n) is 4.01. The Morgan fingerprint density at radius 1 is 1.27 bits per heavy atom. The summed E-state index contributed by atoms with van der Waals surface area (Å²) >= 11 is 0. The van der Waals surface area contributed by atoms with E-state index in [0.29, 0.717) is 37.2 Å². The summed E-state index contributed by atoms with van der Waals surface area (Å²) in [4.78, 5) is 17.0. The minimum Gasteiger partial charge on any atom is -0.468 e. The smallest absolute Gasteiger partial charge is 0.276 e. The predicted molar refractivity (Wildman–Crippen MR) is 91.6 cm³/mol. The van der Waals surface area contributed by atoms with Crippen molar-refractivity contribution < 1.29 is 18.5 Å². The van der Waals surface area contributed by atoms with Crippen LogP contribution in [0.2, 0.25) is 0 Å². The summed E-state index contributed by atoms with van der Waals surface area (Å²) in [5, 5.41) is 3.99. The average Bonchev–Trinajstić information content (AvgIpc) is 3.06. The van der Waals surface area contributed by atoms with Crippen molar-refractivity contribution in [1.29, 1.82) is 0 Å². The molecule has 0 spiro atoms. The van der Waals surface area contributed by atoms with Gasteiger partial charge in [0.2, 0.25) is 0 Å². The Morgan fingerprint density at radius 2 is 2.19 bits per heavy atom. The van der Waals surface area contributed by atoms with Gasteiger partial charge in [-0.1, -0.05) is 5.16 Å². The van der Waals surface area contributed by atoms with Gasteiger partial charge in [-0.05, 0) is 25.0 Å². The molecule has 0 aromatic carbocycles. The number of likely N-dealkylation sites (tertiary alicyclic amines) is 1. The Balaban J connectivity index is 1.24. The van der Waals surface area contributed by atoms with Crippen LogP contribution in [0.15, 0.2) is 33.4 Å². The average molecular weight is 357 g/mol. The molecule has 2 atom stereocenters. The first-order valence-electron chi connectivity index (χ1n) is 9.38. The SMILES string of the molecule is O=C(c1cc(C2CC2)on1)N1C[C@@H]2CN(Cc3ccco3)CCO[C@@H]2C1. The molecule has 3 aliphatic rings. The Morgan fingerprint density at radius 3 is 3.00 bits per heavy atom.